The average molecular weight is 327 g/mol. The zero-order valence-electron chi connectivity index (χ0n) is 13.7. The largest absolute Gasteiger partial charge is 0.373 e. The van der Waals surface area contributed by atoms with Crippen molar-refractivity contribution in [2.24, 2.45) is 5.92 Å². The molecule has 2 atom stereocenters. The van der Waals surface area contributed by atoms with E-state index in [4.69, 9.17) is 4.74 Å². The Hall–Kier alpha value is -1.10. The maximum atomic E-state index is 12.7. The lowest BCUT2D eigenvalue weighted by Gasteiger charge is -2.33. The van der Waals surface area contributed by atoms with Gasteiger partial charge in [0.2, 0.25) is 5.91 Å². The number of carbonyl (C=O) groups excluding carboxylic acids is 1. The van der Waals surface area contributed by atoms with E-state index in [1.807, 2.05) is 19.0 Å². The molecular formula is C17H27ClN2O2. The minimum absolute atomic E-state index is 0. The molecule has 124 valence electrons. The van der Waals surface area contributed by atoms with Crippen LogP contribution in [-0.2, 0) is 9.53 Å². The van der Waals surface area contributed by atoms with Crippen molar-refractivity contribution in [2.45, 2.75) is 25.9 Å². The lowest BCUT2D eigenvalue weighted by Crippen LogP contribution is -2.41. The normalized spacial score (nSPS) is 21.0. The fourth-order valence-electron chi connectivity index (χ4n) is 2.79. The Morgan fingerprint density at radius 2 is 2.05 bits per heavy atom. The molecule has 0 aromatic heterocycles. The van der Waals surface area contributed by atoms with Gasteiger partial charge in [-0.1, -0.05) is 29.8 Å². The molecule has 1 saturated heterocycles. The van der Waals surface area contributed by atoms with Gasteiger partial charge < -0.3 is 15.0 Å². The van der Waals surface area contributed by atoms with Gasteiger partial charge >= 0.3 is 0 Å². The molecule has 5 heteroatoms. The van der Waals surface area contributed by atoms with Crippen molar-refractivity contribution in [3.05, 3.63) is 35.4 Å². The van der Waals surface area contributed by atoms with Crippen molar-refractivity contribution in [1.82, 2.24) is 10.2 Å². The van der Waals surface area contributed by atoms with E-state index in [0.717, 1.165) is 38.1 Å². The van der Waals surface area contributed by atoms with Gasteiger partial charge in [-0.3, -0.25) is 4.79 Å². The van der Waals surface area contributed by atoms with Crippen molar-refractivity contribution in [1.29, 1.82) is 0 Å². The number of halogens is 1. The summed E-state index contributed by atoms with van der Waals surface area (Å²) in [4.78, 5) is 14.5. The van der Waals surface area contributed by atoms with E-state index < -0.39 is 0 Å². The predicted molar refractivity (Wildman–Crippen MR) is 91.4 cm³/mol. The smallest absolute Gasteiger partial charge is 0.228 e. The van der Waals surface area contributed by atoms with E-state index in [9.17, 15) is 4.79 Å². The van der Waals surface area contributed by atoms with E-state index in [1.165, 1.54) is 5.56 Å². The molecule has 0 aliphatic carbocycles. The Labute approximate surface area is 139 Å². The first kappa shape index (κ1) is 18.9. The average Bonchev–Trinajstić information content (AvgIpc) is 2.52. The van der Waals surface area contributed by atoms with Gasteiger partial charge in [-0.25, -0.2) is 0 Å². The number of carbonyl (C=O) groups is 1. The number of aryl methyl sites for hydroxylation is 1. The third kappa shape index (κ3) is 4.70. The van der Waals surface area contributed by atoms with Gasteiger partial charge in [-0.05, 0) is 32.4 Å². The summed E-state index contributed by atoms with van der Waals surface area (Å²) in [6, 6.07) is 8.33. The number of rotatable bonds is 5. The van der Waals surface area contributed by atoms with E-state index in [0.29, 0.717) is 0 Å². The van der Waals surface area contributed by atoms with Gasteiger partial charge in [-0.15, -0.1) is 12.4 Å². The van der Waals surface area contributed by atoms with Crippen LogP contribution in [0.4, 0.5) is 0 Å². The highest BCUT2D eigenvalue weighted by Gasteiger charge is 2.34. The summed E-state index contributed by atoms with van der Waals surface area (Å²) in [5.41, 5.74) is 2.34. The monoisotopic (exact) mass is 326 g/mol. The molecule has 1 heterocycles. The number of nitrogens with zero attached hydrogens (tertiary/aromatic N) is 1. The minimum atomic E-state index is -0.108. The van der Waals surface area contributed by atoms with Crippen LogP contribution in [0.2, 0.25) is 0 Å². The Bertz CT molecular complexity index is 464. The standard InChI is InChI=1S/C17H26N2O2.ClH/c1-13-6-8-14(9-7-13)16-15(5-4-12-21-16)17(20)19(3)11-10-18-2;/h6-9,15-16,18H,4-5,10-12H2,1-3H3;1H. The third-order valence-electron chi connectivity index (χ3n) is 4.12. The van der Waals surface area contributed by atoms with Crippen molar-refractivity contribution in [3.8, 4) is 0 Å². The predicted octanol–water partition coefficient (Wildman–Crippen LogP) is 2.56. The number of likely N-dealkylation sites (N-methyl/N-ethyl adjacent to an activating group) is 2. The van der Waals surface area contributed by atoms with Crippen molar-refractivity contribution in [3.63, 3.8) is 0 Å². The van der Waals surface area contributed by atoms with Crippen molar-refractivity contribution < 1.29 is 9.53 Å². The SMILES string of the molecule is CNCCN(C)C(=O)C1CCCOC1c1ccc(C)cc1.Cl. The maximum absolute atomic E-state index is 12.7. The first-order valence-electron chi connectivity index (χ1n) is 7.71. The van der Waals surface area contributed by atoms with Crippen LogP contribution >= 0.6 is 12.4 Å². The molecule has 2 rings (SSSR count). The van der Waals surface area contributed by atoms with Gasteiger partial charge in [-0.2, -0.15) is 0 Å². The summed E-state index contributed by atoms with van der Waals surface area (Å²) in [7, 11) is 3.78. The summed E-state index contributed by atoms with van der Waals surface area (Å²) in [5, 5.41) is 3.08. The van der Waals surface area contributed by atoms with Crippen molar-refractivity contribution in [2.75, 3.05) is 33.8 Å². The zero-order valence-corrected chi connectivity index (χ0v) is 14.5. The lowest BCUT2D eigenvalue weighted by molar-refractivity contribution is -0.144. The Morgan fingerprint density at radius 3 is 2.68 bits per heavy atom. The van der Waals surface area contributed by atoms with Gasteiger partial charge in [0.25, 0.3) is 0 Å². The molecule has 0 radical (unpaired) electrons. The zero-order chi connectivity index (χ0) is 15.2. The van der Waals surface area contributed by atoms with Gasteiger partial charge in [0.1, 0.15) is 0 Å². The highest BCUT2D eigenvalue weighted by Crippen LogP contribution is 2.34. The van der Waals surface area contributed by atoms with Crippen LogP contribution in [0, 0.1) is 12.8 Å². The molecule has 1 aliphatic rings. The van der Waals surface area contributed by atoms with Crippen LogP contribution in [0.25, 0.3) is 0 Å². The molecule has 1 N–H and O–H groups in total. The molecule has 22 heavy (non-hydrogen) atoms. The molecule has 1 fully saturated rings. The van der Waals surface area contributed by atoms with Gasteiger partial charge in [0.05, 0.1) is 12.0 Å². The molecule has 0 saturated carbocycles. The molecule has 0 spiro atoms. The van der Waals surface area contributed by atoms with Gasteiger partial charge in [0.15, 0.2) is 0 Å². The molecule has 1 aromatic rings. The van der Waals surface area contributed by atoms with Crippen LogP contribution in [-0.4, -0.2) is 44.6 Å². The summed E-state index contributed by atoms with van der Waals surface area (Å²) < 4.78 is 5.93. The number of benzene rings is 1. The van der Waals surface area contributed by atoms with E-state index in [1.54, 1.807) is 0 Å². The summed E-state index contributed by atoms with van der Waals surface area (Å²) in [5.74, 6) is 0.124. The molecule has 1 aromatic carbocycles. The van der Waals surface area contributed by atoms with Crippen molar-refractivity contribution >= 4 is 18.3 Å². The molecule has 1 aliphatic heterocycles. The van der Waals surface area contributed by atoms with Crippen LogP contribution in [0.15, 0.2) is 24.3 Å². The Kier molecular flexibility index (Phi) is 7.87. The number of nitrogens with one attached hydrogen (secondary N) is 1. The Morgan fingerprint density at radius 1 is 1.36 bits per heavy atom. The number of ether oxygens (including phenoxy) is 1. The summed E-state index contributed by atoms with van der Waals surface area (Å²) in [6.45, 7) is 4.35. The van der Waals surface area contributed by atoms with E-state index >= 15 is 0 Å². The van der Waals surface area contributed by atoms with E-state index in [-0.39, 0.29) is 30.3 Å². The fourth-order valence-corrected chi connectivity index (χ4v) is 2.79. The second-order valence-electron chi connectivity index (χ2n) is 5.81. The minimum Gasteiger partial charge on any atom is -0.373 e. The number of hydrogen-bond donors (Lipinski definition) is 1. The lowest BCUT2D eigenvalue weighted by atomic mass is 9.88. The fraction of sp³-hybridized carbons (Fsp3) is 0.588. The summed E-state index contributed by atoms with van der Waals surface area (Å²) in [6.07, 6.45) is 1.75. The molecular weight excluding hydrogens is 300 g/mol. The van der Waals surface area contributed by atoms with Crippen LogP contribution in [0.1, 0.15) is 30.1 Å². The highest BCUT2D eigenvalue weighted by molar-refractivity contribution is 5.85. The summed E-state index contributed by atoms with van der Waals surface area (Å²) >= 11 is 0. The number of hydrogen-bond acceptors (Lipinski definition) is 3. The van der Waals surface area contributed by atoms with Crippen LogP contribution < -0.4 is 5.32 Å². The maximum Gasteiger partial charge on any atom is 0.228 e. The quantitative estimate of drug-likeness (QED) is 0.904. The molecule has 0 bridgehead atoms. The van der Waals surface area contributed by atoms with Crippen LogP contribution in [0.3, 0.4) is 0 Å². The molecule has 2 unspecified atom stereocenters. The second-order valence-corrected chi connectivity index (χ2v) is 5.81. The third-order valence-corrected chi connectivity index (χ3v) is 4.12. The second kappa shape index (κ2) is 9.13. The Balaban J connectivity index is 0.00000242. The van der Waals surface area contributed by atoms with Gasteiger partial charge in [0, 0.05) is 26.7 Å². The number of amides is 1. The molecule has 1 amide bonds. The van der Waals surface area contributed by atoms with Crippen LogP contribution in [0.5, 0.6) is 0 Å². The highest BCUT2D eigenvalue weighted by atomic mass is 35.5. The van der Waals surface area contributed by atoms with E-state index in [2.05, 4.69) is 36.5 Å². The molecule has 4 nitrogen and oxygen atoms in total. The topological polar surface area (TPSA) is 41.6 Å². The first-order valence-corrected chi connectivity index (χ1v) is 7.71. The first-order chi connectivity index (χ1) is 10.1.